The molecule has 0 aromatic carbocycles. The molecule has 3 aliphatic rings. The monoisotopic (exact) mass is 340 g/mol. The Balaban J connectivity index is 1.67. The van der Waals surface area contributed by atoms with Gasteiger partial charge < -0.3 is 18.9 Å². The van der Waals surface area contributed by atoms with Crippen LogP contribution in [-0.2, 0) is 38.1 Å². The van der Waals surface area contributed by atoms with E-state index in [4.69, 9.17) is 18.9 Å². The molecule has 1 saturated heterocycles. The number of carbonyl (C=O) groups excluding carboxylic acids is 4. The largest absolute Gasteiger partial charge is 0.469 e. The Morgan fingerprint density at radius 1 is 1.25 bits per heavy atom. The highest BCUT2D eigenvalue weighted by atomic mass is 16.6. The van der Waals surface area contributed by atoms with Gasteiger partial charge in [-0.1, -0.05) is 13.8 Å². The Hall–Kier alpha value is -2.12. The number of hydrogen-bond acceptors (Lipinski definition) is 8. The van der Waals surface area contributed by atoms with Gasteiger partial charge in [0.05, 0.1) is 24.9 Å². The van der Waals surface area contributed by atoms with Crippen molar-refractivity contribution >= 4 is 23.9 Å². The predicted octanol–water partition coefficient (Wildman–Crippen LogP) is 0.0779. The molecule has 1 heterocycles. The van der Waals surface area contributed by atoms with Crippen molar-refractivity contribution in [2.24, 2.45) is 29.6 Å². The van der Waals surface area contributed by atoms with Crippen LogP contribution in [0.3, 0.4) is 0 Å². The molecule has 0 spiro atoms. The van der Waals surface area contributed by atoms with Crippen molar-refractivity contribution in [1.82, 2.24) is 0 Å². The second kappa shape index (κ2) is 6.07. The zero-order valence-electron chi connectivity index (χ0n) is 13.7. The van der Waals surface area contributed by atoms with Gasteiger partial charge in [-0.3, -0.25) is 14.4 Å². The SMILES string of the molecule is COC(=O)C1C2CC3C(OC(=O)C31)C2OC(=O)COC(=O)C(C)C. The molecule has 0 aromatic heterocycles. The van der Waals surface area contributed by atoms with Crippen molar-refractivity contribution in [2.45, 2.75) is 32.5 Å². The van der Waals surface area contributed by atoms with E-state index in [1.807, 2.05) is 0 Å². The first-order chi connectivity index (χ1) is 11.3. The number of carbonyl (C=O) groups is 4. The van der Waals surface area contributed by atoms with E-state index < -0.39 is 54.5 Å². The first-order valence-corrected chi connectivity index (χ1v) is 7.99. The number of esters is 4. The molecule has 132 valence electrons. The second-order valence-electron chi connectivity index (χ2n) is 6.76. The maximum absolute atomic E-state index is 12.0. The maximum atomic E-state index is 12.0. The average molecular weight is 340 g/mol. The lowest BCUT2D eigenvalue weighted by atomic mass is 9.78. The third kappa shape index (κ3) is 2.53. The minimum atomic E-state index is -0.718. The normalized spacial score (nSPS) is 35.8. The van der Waals surface area contributed by atoms with Gasteiger partial charge in [0.15, 0.2) is 6.61 Å². The summed E-state index contributed by atoms with van der Waals surface area (Å²) in [5, 5.41) is 0. The van der Waals surface area contributed by atoms with Gasteiger partial charge in [0.1, 0.15) is 12.2 Å². The van der Waals surface area contributed by atoms with Gasteiger partial charge in [-0.2, -0.15) is 0 Å². The summed E-state index contributed by atoms with van der Waals surface area (Å²) in [5.41, 5.74) is 0. The summed E-state index contributed by atoms with van der Waals surface area (Å²) in [6.45, 7) is 2.81. The molecule has 3 fully saturated rings. The van der Waals surface area contributed by atoms with Gasteiger partial charge in [-0.05, 0) is 6.42 Å². The van der Waals surface area contributed by atoms with Crippen LogP contribution in [0.1, 0.15) is 20.3 Å². The molecule has 2 bridgehead atoms. The topological polar surface area (TPSA) is 105 Å². The van der Waals surface area contributed by atoms with Crippen molar-refractivity contribution in [1.29, 1.82) is 0 Å². The van der Waals surface area contributed by atoms with Crippen molar-refractivity contribution in [2.75, 3.05) is 13.7 Å². The highest BCUT2D eigenvalue weighted by Gasteiger charge is 2.70. The smallest absolute Gasteiger partial charge is 0.344 e. The van der Waals surface area contributed by atoms with Crippen LogP contribution in [-0.4, -0.2) is 49.8 Å². The zero-order chi connectivity index (χ0) is 17.6. The van der Waals surface area contributed by atoms with Gasteiger partial charge in [-0.15, -0.1) is 0 Å². The molecule has 0 aromatic rings. The van der Waals surface area contributed by atoms with Crippen LogP contribution in [0.25, 0.3) is 0 Å². The third-order valence-electron chi connectivity index (χ3n) is 5.09. The van der Waals surface area contributed by atoms with Gasteiger partial charge >= 0.3 is 23.9 Å². The van der Waals surface area contributed by atoms with Crippen LogP contribution in [0, 0.1) is 29.6 Å². The van der Waals surface area contributed by atoms with E-state index in [1.165, 1.54) is 7.11 Å². The Kier molecular flexibility index (Phi) is 4.23. The third-order valence-corrected chi connectivity index (χ3v) is 5.09. The van der Waals surface area contributed by atoms with E-state index in [2.05, 4.69) is 0 Å². The number of hydrogen-bond donors (Lipinski definition) is 0. The molecule has 0 radical (unpaired) electrons. The highest BCUT2D eigenvalue weighted by molar-refractivity contribution is 5.86. The van der Waals surface area contributed by atoms with E-state index in [0.29, 0.717) is 6.42 Å². The molecular formula is C16H20O8. The van der Waals surface area contributed by atoms with Crippen LogP contribution >= 0.6 is 0 Å². The van der Waals surface area contributed by atoms with Crippen molar-refractivity contribution in [3.8, 4) is 0 Å². The fourth-order valence-corrected chi connectivity index (χ4v) is 4.09. The lowest BCUT2D eigenvalue weighted by Crippen LogP contribution is -2.44. The first kappa shape index (κ1) is 16.7. The van der Waals surface area contributed by atoms with Gasteiger partial charge in [0.2, 0.25) is 0 Å². The number of methoxy groups -OCH3 is 1. The summed E-state index contributed by atoms with van der Waals surface area (Å²) >= 11 is 0. The fourth-order valence-electron chi connectivity index (χ4n) is 4.09. The van der Waals surface area contributed by atoms with E-state index >= 15 is 0 Å². The summed E-state index contributed by atoms with van der Waals surface area (Å²) in [5.74, 6) is -4.10. The molecule has 8 nitrogen and oxygen atoms in total. The molecule has 8 heteroatoms. The minimum absolute atomic E-state index is 0.136. The fraction of sp³-hybridized carbons (Fsp3) is 0.750. The maximum Gasteiger partial charge on any atom is 0.344 e. The molecule has 1 aliphatic heterocycles. The van der Waals surface area contributed by atoms with Crippen LogP contribution in [0.2, 0.25) is 0 Å². The minimum Gasteiger partial charge on any atom is -0.469 e. The molecular weight excluding hydrogens is 320 g/mol. The van der Waals surface area contributed by atoms with E-state index in [9.17, 15) is 19.2 Å². The van der Waals surface area contributed by atoms with E-state index in [-0.39, 0.29) is 17.8 Å². The quantitative estimate of drug-likeness (QED) is 0.512. The Morgan fingerprint density at radius 2 is 1.96 bits per heavy atom. The van der Waals surface area contributed by atoms with E-state index in [1.54, 1.807) is 13.8 Å². The van der Waals surface area contributed by atoms with Crippen LogP contribution in [0.4, 0.5) is 0 Å². The van der Waals surface area contributed by atoms with Gasteiger partial charge in [0.25, 0.3) is 0 Å². The summed E-state index contributed by atoms with van der Waals surface area (Å²) in [6, 6.07) is 0. The molecule has 24 heavy (non-hydrogen) atoms. The predicted molar refractivity (Wildman–Crippen MR) is 76.2 cm³/mol. The molecule has 2 aliphatic carbocycles. The number of rotatable bonds is 5. The standard InChI is InChI=1S/C16H20O8/c1-6(2)14(18)22-5-9(17)23-12-7-4-8-11(10(7)15(19)21-3)16(20)24-13(8)12/h6-8,10-13H,4-5H2,1-3H3. The van der Waals surface area contributed by atoms with Gasteiger partial charge in [-0.25, -0.2) is 4.79 Å². The van der Waals surface area contributed by atoms with E-state index in [0.717, 1.165) is 0 Å². The lowest BCUT2D eigenvalue weighted by molar-refractivity contribution is -0.172. The summed E-state index contributed by atoms with van der Waals surface area (Å²) < 4.78 is 20.3. The van der Waals surface area contributed by atoms with Gasteiger partial charge in [0, 0.05) is 11.8 Å². The second-order valence-corrected chi connectivity index (χ2v) is 6.76. The molecule has 2 saturated carbocycles. The number of fused-ring (bicyclic) bond motifs is 1. The Bertz CT molecular complexity index is 583. The number of ether oxygens (including phenoxy) is 4. The summed E-state index contributed by atoms with van der Waals surface area (Å²) in [4.78, 5) is 47.4. The Labute approximate surface area is 138 Å². The van der Waals surface area contributed by atoms with Crippen LogP contribution in [0.5, 0.6) is 0 Å². The molecule has 3 rings (SSSR count). The average Bonchev–Trinajstić information content (AvgIpc) is 3.15. The Morgan fingerprint density at radius 3 is 2.58 bits per heavy atom. The molecule has 0 N–H and O–H groups in total. The van der Waals surface area contributed by atoms with Crippen molar-refractivity contribution < 1.29 is 38.1 Å². The summed E-state index contributed by atoms with van der Waals surface area (Å²) in [7, 11) is 1.26. The lowest BCUT2D eigenvalue weighted by Gasteiger charge is -2.29. The van der Waals surface area contributed by atoms with Crippen LogP contribution in [0.15, 0.2) is 0 Å². The summed E-state index contributed by atoms with van der Waals surface area (Å²) in [6.07, 6.45) is -0.657. The molecule has 6 atom stereocenters. The van der Waals surface area contributed by atoms with Crippen molar-refractivity contribution in [3.63, 3.8) is 0 Å². The van der Waals surface area contributed by atoms with Crippen LogP contribution < -0.4 is 0 Å². The van der Waals surface area contributed by atoms with Crippen molar-refractivity contribution in [3.05, 3.63) is 0 Å². The first-order valence-electron chi connectivity index (χ1n) is 7.99. The molecule has 6 unspecified atom stereocenters. The molecule has 0 amide bonds. The zero-order valence-corrected chi connectivity index (χ0v) is 13.7. The highest BCUT2D eigenvalue weighted by Crippen LogP contribution is 2.58.